The first-order chi connectivity index (χ1) is 6.61. The van der Waals surface area contributed by atoms with Crippen molar-refractivity contribution < 1.29 is 19.8 Å². The zero-order valence-electron chi connectivity index (χ0n) is 7.43. The molecule has 4 nitrogen and oxygen atoms in total. The first-order valence-electron chi connectivity index (χ1n) is 4.48. The summed E-state index contributed by atoms with van der Waals surface area (Å²) < 4.78 is 0. The summed E-state index contributed by atoms with van der Waals surface area (Å²) in [5.41, 5.74) is 0.160. The topological polar surface area (TPSA) is 74.6 Å². The van der Waals surface area contributed by atoms with Gasteiger partial charge in [0, 0.05) is 11.1 Å². The number of ketones is 2. The lowest BCUT2D eigenvalue weighted by Crippen LogP contribution is -2.35. The quantitative estimate of drug-likeness (QED) is 0.510. The predicted octanol–water partition coefficient (Wildman–Crippen LogP) is -0.493. The Morgan fingerprint density at radius 1 is 0.929 bits per heavy atom. The highest BCUT2D eigenvalue weighted by atomic mass is 16.3. The van der Waals surface area contributed by atoms with Gasteiger partial charge in [-0.05, 0) is 25.0 Å². The molecule has 0 aromatic rings. The summed E-state index contributed by atoms with van der Waals surface area (Å²) in [4.78, 5) is 22.7. The fourth-order valence-corrected chi connectivity index (χ4v) is 1.89. The Kier molecular flexibility index (Phi) is 2.09. The number of aliphatic hydroxyl groups excluding tert-OH is 2. The molecular weight excluding hydrogens is 184 g/mol. The highest BCUT2D eigenvalue weighted by Crippen LogP contribution is 2.29. The van der Waals surface area contributed by atoms with Gasteiger partial charge in [-0.3, -0.25) is 9.59 Å². The molecule has 0 aromatic heterocycles. The molecule has 0 heterocycles. The van der Waals surface area contributed by atoms with E-state index in [1.807, 2.05) is 0 Å². The number of hydrogen-bond donors (Lipinski definition) is 2. The van der Waals surface area contributed by atoms with Crippen LogP contribution in [-0.2, 0) is 9.59 Å². The number of aliphatic hydroxyl groups is 2. The van der Waals surface area contributed by atoms with Crippen LogP contribution in [0.5, 0.6) is 0 Å². The maximum absolute atomic E-state index is 11.4. The lowest BCUT2D eigenvalue weighted by molar-refractivity contribution is -0.117. The first-order valence-corrected chi connectivity index (χ1v) is 4.48. The molecule has 2 aliphatic carbocycles. The number of allylic oxidation sites excluding steroid dienone is 2. The van der Waals surface area contributed by atoms with E-state index in [-0.39, 0.29) is 22.7 Å². The van der Waals surface area contributed by atoms with E-state index in [0.29, 0.717) is 12.8 Å². The van der Waals surface area contributed by atoms with Crippen LogP contribution in [0.1, 0.15) is 12.8 Å². The zero-order chi connectivity index (χ0) is 10.3. The average Bonchev–Trinajstić information content (AvgIpc) is 2.16. The van der Waals surface area contributed by atoms with Gasteiger partial charge in [-0.2, -0.15) is 0 Å². The second-order valence-electron chi connectivity index (χ2n) is 3.50. The van der Waals surface area contributed by atoms with Gasteiger partial charge < -0.3 is 10.2 Å². The molecule has 74 valence electrons. The molecule has 0 unspecified atom stereocenters. The minimum atomic E-state index is -0.908. The number of hydrogen-bond acceptors (Lipinski definition) is 4. The van der Waals surface area contributed by atoms with Crippen molar-refractivity contribution in [3.63, 3.8) is 0 Å². The number of carbonyl (C=O) groups is 2. The van der Waals surface area contributed by atoms with Crippen LogP contribution in [0.15, 0.2) is 23.3 Å². The van der Waals surface area contributed by atoms with Gasteiger partial charge in [0.25, 0.3) is 0 Å². The van der Waals surface area contributed by atoms with Crippen LogP contribution < -0.4 is 0 Å². The third-order valence-electron chi connectivity index (χ3n) is 2.59. The molecule has 0 amide bonds. The molecule has 2 atom stereocenters. The molecule has 2 N–H and O–H groups in total. The monoisotopic (exact) mass is 194 g/mol. The van der Waals surface area contributed by atoms with Gasteiger partial charge in [0.2, 0.25) is 0 Å². The summed E-state index contributed by atoms with van der Waals surface area (Å²) in [5, 5.41) is 19.1. The van der Waals surface area contributed by atoms with Crippen LogP contribution in [0, 0.1) is 0 Å². The van der Waals surface area contributed by atoms with Gasteiger partial charge in [0.15, 0.2) is 11.6 Å². The second kappa shape index (κ2) is 3.15. The van der Waals surface area contributed by atoms with E-state index in [9.17, 15) is 19.8 Å². The summed E-state index contributed by atoms with van der Waals surface area (Å²) in [7, 11) is 0. The van der Waals surface area contributed by atoms with Crippen molar-refractivity contribution in [1.82, 2.24) is 0 Å². The standard InChI is InChI=1S/C10H10O4/c11-5-1-2-6(12)10-8(14)4-3-7(13)9(5)10/h1-2,7-8,13-14H,3-4H2/t7-,8-/m1/s1. The summed E-state index contributed by atoms with van der Waals surface area (Å²) in [5.74, 6) is -0.739. The molecule has 0 bridgehead atoms. The van der Waals surface area contributed by atoms with Crippen LogP contribution in [0.3, 0.4) is 0 Å². The zero-order valence-corrected chi connectivity index (χ0v) is 7.43. The minimum absolute atomic E-state index is 0.0799. The SMILES string of the molecule is O=C1C=CC(=O)C2=C1[C@H](O)CC[C@H]2O. The summed E-state index contributed by atoms with van der Waals surface area (Å²) in [6, 6.07) is 0. The van der Waals surface area contributed by atoms with E-state index in [4.69, 9.17) is 0 Å². The molecule has 14 heavy (non-hydrogen) atoms. The van der Waals surface area contributed by atoms with Gasteiger partial charge in [0.05, 0.1) is 12.2 Å². The molecule has 2 aliphatic rings. The van der Waals surface area contributed by atoms with Crippen molar-refractivity contribution in [3.05, 3.63) is 23.3 Å². The summed E-state index contributed by atoms with van der Waals surface area (Å²) >= 11 is 0. The van der Waals surface area contributed by atoms with Crippen molar-refractivity contribution in [3.8, 4) is 0 Å². The Morgan fingerprint density at radius 3 is 1.64 bits per heavy atom. The van der Waals surface area contributed by atoms with Crippen molar-refractivity contribution >= 4 is 11.6 Å². The van der Waals surface area contributed by atoms with Crippen LogP contribution in [-0.4, -0.2) is 34.0 Å². The van der Waals surface area contributed by atoms with Crippen molar-refractivity contribution in [2.75, 3.05) is 0 Å². The molecule has 0 spiro atoms. The van der Waals surface area contributed by atoms with Crippen molar-refractivity contribution in [2.45, 2.75) is 25.0 Å². The number of carbonyl (C=O) groups excluding carboxylic acids is 2. The molecule has 2 rings (SSSR count). The Bertz CT molecular complexity index is 330. The third-order valence-corrected chi connectivity index (χ3v) is 2.59. The Morgan fingerprint density at radius 2 is 1.29 bits per heavy atom. The molecule has 4 heteroatoms. The summed E-state index contributed by atoms with van der Waals surface area (Å²) in [6.07, 6.45) is 1.12. The van der Waals surface area contributed by atoms with E-state index in [1.54, 1.807) is 0 Å². The van der Waals surface area contributed by atoms with Gasteiger partial charge in [0.1, 0.15) is 0 Å². The fourth-order valence-electron chi connectivity index (χ4n) is 1.89. The van der Waals surface area contributed by atoms with Crippen LogP contribution in [0.2, 0.25) is 0 Å². The highest BCUT2D eigenvalue weighted by molar-refractivity contribution is 6.21. The lowest BCUT2D eigenvalue weighted by atomic mass is 9.80. The van der Waals surface area contributed by atoms with Crippen LogP contribution in [0.25, 0.3) is 0 Å². The van der Waals surface area contributed by atoms with Gasteiger partial charge in [-0.25, -0.2) is 0 Å². The van der Waals surface area contributed by atoms with E-state index >= 15 is 0 Å². The largest absolute Gasteiger partial charge is 0.388 e. The Hall–Kier alpha value is -1.26. The smallest absolute Gasteiger partial charge is 0.185 e. The minimum Gasteiger partial charge on any atom is -0.388 e. The predicted molar refractivity (Wildman–Crippen MR) is 47.4 cm³/mol. The van der Waals surface area contributed by atoms with Crippen LogP contribution in [0.4, 0.5) is 0 Å². The van der Waals surface area contributed by atoms with E-state index < -0.39 is 12.2 Å². The van der Waals surface area contributed by atoms with Crippen LogP contribution >= 0.6 is 0 Å². The lowest BCUT2D eigenvalue weighted by Gasteiger charge is -2.27. The number of rotatable bonds is 0. The molecule has 0 saturated carbocycles. The molecule has 0 saturated heterocycles. The first kappa shape index (κ1) is 9.30. The normalized spacial score (nSPS) is 32.1. The maximum atomic E-state index is 11.4. The summed E-state index contributed by atoms with van der Waals surface area (Å²) in [6.45, 7) is 0. The van der Waals surface area contributed by atoms with Gasteiger partial charge in [-0.15, -0.1) is 0 Å². The molecule has 0 fully saturated rings. The Labute approximate surface area is 80.5 Å². The Balaban J connectivity index is 2.53. The van der Waals surface area contributed by atoms with Crippen molar-refractivity contribution in [1.29, 1.82) is 0 Å². The average molecular weight is 194 g/mol. The second-order valence-corrected chi connectivity index (χ2v) is 3.50. The molecule has 0 aromatic carbocycles. The van der Waals surface area contributed by atoms with E-state index in [1.165, 1.54) is 0 Å². The van der Waals surface area contributed by atoms with Crippen molar-refractivity contribution in [2.24, 2.45) is 0 Å². The molecule has 0 radical (unpaired) electrons. The highest BCUT2D eigenvalue weighted by Gasteiger charge is 2.35. The van der Waals surface area contributed by atoms with Gasteiger partial charge in [-0.1, -0.05) is 0 Å². The molecular formula is C10H10O4. The van der Waals surface area contributed by atoms with Gasteiger partial charge >= 0.3 is 0 Å². The van der Waals surface area contributed by atoms with E-state index in [0.717, 1.165) is 12.2 Å². The maximum Gasteiger partial charge on any atom is 0.185 e. The van der Waals surface area contributed by atoms with E-state index in [2.05, 4.69) is 0 Å². The molecule has 0 aliphatic heterocycles. The third kappa shape index (κ3) is 1.23. The fraction of sp³-hybridized carbons (Fsp3) is 0.400.